The molecular formula is C26H24N2O2. The van der Waals surface area contributed by atoms with Gasteiger partial charge in [0.1, 0.15) is 11.5 Å². The molecule has 0 atom stereocenters. The van der Waals surface area contributed by atoms with Gasteiger partial charge in [-0.3, -0.25) is 0 Å². The minimum atomic E-state index is 0.224. The number of phenols is 2. The first-order valence-corrected chi connectivity index (χ1v) is 10.2. The summed E-state index contributed by atoms with van der Waals surface area (Å²) in [5.74, 6) is 0.447. The van der Waals surface area contributed by atoms with Crippen LogP contribution < -0.4 is 0 Å². The summed E-state index contributed by atoms with van der Waals surface area (Å²) in [6.45, 7) is 4.11. The van der Waals surface area contributed by atoms with Crippen molar-refractivity contribution < 1.29 is 10.2 Å². The second-order valence-corrected chi connectivity index (χ2v) is 7.23. The molecule has 0 bridgehead atoms. The van der Waals surface area contributed by atoms with Gasteiger partial charge in [0.2, 0.25) is 0 Å². The molecule has 0 spiro atoms. The number of benzene rings is 2. The maximum Gasteiger partial charge on any atom is 0.125 e. The number of hydrogen-bond acceptors (Lipinski definition) is 4. The molecule has 2 aromatic carbocycles. The van der Waals surface area contributed by atoms with Gasteiger partial charge in [0.15, 0.2) is 0 Å². The van der Waals surface area contributed by atoms with Gasteiger partial charge in [0.25, 0.3) is 0 Å². The number of aryl methyl sites for hydroxylation is 2. The Morgan fingerprint density at radius 3 is 1.33 bits per heavy atom. The molecule has 0 aliphatic carbocycles. The molecule has 0 saturated heterocycles. The smallest absolute Gasteiger partial charge is 0.125 e. The fourth-order valence-electron chi connectivity index (χ4n) is 3.48. The highest BCUT2D eigenvalue weighted by atomic mass is 16.3. The summed E-state index contributed by atoms with van der Waals surface area (Å²) in [5, 5.41) is 20.8. The molecule has 2 heterocycles. The molecule has 0 fully saturated rings. The molecule has 0 unspecified atom stereocenters. The van der Waals surface area contributed by atoms with Crippen LogP contribution in [-0.2, 0) is 12.8 Å². The Morgan fingerprint density at radius 2 is 0.967 bits per heavy atom. The van der Waals surface area contributed by atoms with E-state index in [1.165, 1.54) is 0 Å². The molecule has 0 aliphatic heterocycles. The van der Waals surface area contributed by atoms with Crippen molar-refractivity contribution in [3.8, 4) is 45.4 Å². The molecule has 2 N–H and O–H groups in total. The number of hydrogen-bond donors (Lipinski definition) is 2. The predicted octanol–water partition coefficient (Wildman–Crippen LogP) is 6.01. The first-order chi connectivity index (χ1) is 14.6. The van der Waals surface area contributed by atoms with Crippen LogP contribution in [0.15, 0.2) is 72.8 Å². The number of aromatic hydroxyl groups is 2. The average Bonchev–Trinajstić information content (AvgIpc) is 2.79. The summed E-state index contributed by atoms with van der Waals surface area (Å²) in [5.41, 5.74) is 6.34. The quantitative estimate of drug-likeness (QED) is 0.433. The Kier molecular flexibility index (Phi) is 5.48. The van der Waals surface area contributed by atoms with Crippen LogP contribution in [0.25, 0.3) is 33.9 Å². The lowest BCUT2D eigenvalue weighted by Crippen LogP contribution is -1.93. The Bertz CT molecular complexity index is 1110. The van der Waals surface area contributed by atoms with Crippen LogP contribution in [0.2, 0.25) is 0 Å². The van der Waals surface area contributed by atoms with Gasteiger partial charge in [-0.25, -0.2) is 9.97 Å². The predicted molar refractivity (Wildman–Crippen MR) is 120 cm³/mol. The van der Waals surface area contributed by atoms with Gasteiger partial charge in [0.05, 0.1) is 22.8 Å². The minimum Gasteiger partial charge on any atom is -0.507 e. The minimum absolute atomic E-state index is 0.224. The van der Waals surface area contributed by atoms with Gasteiger partial charge in [-0.15, -0.1) is 0 Å². The molecule has 0 amide bonds. The molecule has 150 valence electrons. The number of aromatic nitrogens is 2. The average molecular weight is 396 g/mol. The summed E-state index contributed by atoms with van der Waals surface area (Å²) in [6, 6.07) is 22.7. The van der Waals surface area contributed by atoms with E-state index in [0.29, 0.717) is 33.9 Å². The maximum absolute atomic E-state index is 10.4. The van der Waals surface area contributed by atoms with Crippen LogP contribution in [0.1, 0.15) is 25.0 Å². The summed E-state index contributed by atoms with van der Waals surface area (Å²) < 4.78 is 0. The number of nitrogens with zero attached hydrogens (tertiary/aromatic N) is 2. The fourth-order valence-corrected chi connectivity index (χ4v) is 3.48. The third kappa shape index (κ3) is 3.90. The van der Waals surface area contributed by atoms with Crippen molar-refractivity contribution in [2.45, 2.75) is 26.7 Å². The Balaban J connectivity index is 1.72. The van der Waals surface area contributed by atoms with E-state index in [0.717, 1.165) is 24.0 Å². The van der Waals surface area contributed by atoms with E-state index >= 15 is 0 Å². The van der Waals surface area contributed by atoms with Gasteiger partial charge in [-0.2, -0.15) is 0 Å². The van der Waals surface area contributed by atoms with Crippen LogP contribution >= 0.6 is 0 Å². The zero-order valence-corrected chi connectivity index (χ0v) is 17.1. The van der Waals surface area contributed by atoms with Crippen molar-refractivity contribution in [3.05, 3.63) is 83.9 Å². The van der Waals surface area contributed by atoms with E-state index in [1.807, 2.05) is 60.7 Å². The van der Waals surface area contributed by atoms with Gasteiger partial charge >= 0.3 is 0 Å². The normalized spacial score (nSPS) is 10.9. The van der Waals surface area contributed by atoms with E-state index in [2.05, 4.69) is 13.8 Å². The van der Waals surface area contributed by atoms with Crippen LogP contribution in [0.3, 0.4) is 0 Å². The van der Waals surface area contributed by atoms with E-state index in [4.69, 9.17) is 9.97 Å². The molecule has 2 aromatic heterocycles. The molecule has 0 radical (unpaired) electrons. The lowest BCUT2D eigenvalue weighted by Gasteiger charge is -2.10. The van der Waals surface area contributed by atoms with Gasteiger partial charge < -0.3 is 10.2 Å². The first kappa shape index (κ1) is 19.6. The van der Waals surface area contributed by atoms with Crippen molar-refractivity contribution in [1.29, 1.82) is 0 Å². The Labute approximate surface area is 176 Å². The van der Waals surface area contributed by atoms with Gasteiger partial charge in [-0.05, 0) is 72.5 Å². The van der Waals surface area contributed by atoms with E-state index < -0.39 is 0 Å². The molecule has 30 heavy (non-hydrogen) atoms. The first-order valence-electron chi connectivity index (χ1n) is 10.2. The van der Waals surface area contributed by atoms with Crippen LogP contribution in [-0.4, -0.2) is 20.2 Å². The maximum atomic E-state index is 10.4. The van der Waals surface area contributed by atoms with Gasteiger partial charge in [-0.1, -0.05) is 38.1 Å². The zero-order chi connectivity index (χ0) is 21.1. The second kappa shape index (κ2) is 8.37. The number of phenolic OH excluding ortho intramolecular Hbond substituents is 2. The van der Waals surface area contributed by atoms with Crippen molar-refractivity contribution >= 4 is 0 Å². The molecule has 4 rings (SSSR count). The highest BCUT2D eigenvalue weighted by molar-refractivity contribution is 5.72. The van der Waals surface area contributed by atoms with Crippen molar-refractivity contribution in [2.24, 2.45) is 0 Å². The van der Waals surface area contributed by atoms with E-state index in [-0.39, 0.29) is 11.5 Å². The summed E-state index contributed by atoms with van der Waals surface area (Å²) in [7, 11) is 0. The second-order valence-electron chi connectivity index (χ2n) is 7.23. The summed E-state index contributed by atoms with van der Waals surface area (Å²) >= 11 is 0. The van der Waals surface area contributed by atoms with Crippen LogP contribution in [0.4, 0.5) is 0 Å². The molecule has 0 saturated carbocycles. The summed E-state index contributed by atoms with van der Waals surface area (Å²) in [4.78, 5) is 9.46. The highest BCUT2D eigenvalue weighted by Gasteiger charge is 2.11. The molecule has 4 nitrogen and oxygen atoms in total. The topological polar surface area (TPSA) is 66.2 Å². The van der Waals surface area contributed by atoms with Crippen LogP contribution in [0.5, 0.6) is 11.5 Å². The summed E-state index contributed by atoms with van der Waals surface area (Å²) in [6.07, 6.45) is 1.73. The molecular weight excluding hydrogens is 372 g/mol. The largest absolute Gasteiger partial charge is 0.507 e. The third-order valence-electron chi connectivity index (χ3n) is 5.25. The third-order valence-corrected chi connectivity index (χ3v) is 5.25. The highest BCUT2D eigenvalue weighted by Crippen LogP contribution is 2.32. The molecule has 0 aliphatic rings. The van der Waals surface area contributed by atoms with E-state index in [1.54, 1.807) is 12.1 Å². The zero-order valence-electron chi connectivity index (χ0n) is 17.1. The van der Waals surface area contributed by atoms with Crippen molar-refractivity contribution in [1.82, 2.24) is 9.97 Å². The number of rotatable bonds is 5. The molecule has 4 aromatic rings. The lowest BCUT2D eigenvalue weighted by atomic mass is 10.0. The van der Waals surface area contributed by atoms with E-state index in [9.17, 15) is 10.2 Å². The Hall–Kier alpha value is -3.66. The van der Waals surface area contributed by atoms with Crippen molar-refractivity contribution in [2.75, 3.05) is 0 Å². The van der Waals surface area contributed by atoms with Crippen LogP contribution in [0, 0.1) is 0 Å². The lowest BCUT2D eigenvalue weighted by molar-refractivity contribution is 0.476. The SMILES string of the molecule is CCc1ccc(-c2cccc(-c3cccc(-c4ccc(CC)cc4O)n3)n2)c(O)c1. The monoisotopic (exact) mass is 396 g/mol. The number of pyridine rings is 2. The van der Waals surface area contributed by atoms with Gasteiger partial charge in [0, 0.05) is 11.1 Å². The fraction of sp³-hybridized carbons (Fsp3) is 0.154. The van der Waals surface area contributed by atoms with Crippen molar-refractivity contribution in [3.63, 3.8) is 0 Å². The Morgan fingerprint density at radius 1 is 0.567 bits per heavy atom. The standard InChI is InChI=1S/C26H24N2O2/c1-3-17-11-13-19(25(29)15-17)21-7-5-9-23(27-21)24-10-6-8-22(28-24)20-14-12-18(4-2)16-26(20)30/h5-16,29-30H,3-4H2,1-2H3. The molecule has 4 heteroatoms.